The van der Waals surface area contributed by atoms with Crippen molar-refractivity contribution in [1.29, 1.82) is 0 Å². The van der Waals surface area contributed by atoms with Crippen LogP contribution in [-0.4, -0.2) is 35.9 Å². The van der Waals surface area contributed by atoms with Crippen molar-refractivity contribution >= 4 is 5.91 Å². The molecule has 1 amide bonds. The quantitative estimate of drug-likeness (QED) is 0.862. The van der Waals surface area contributed by atoms with Gasteiger partial charge in [-0.1, -0.05) is 6.07 Å². The van der Waals surface area contributed by atoms with Crippen molar-refractivity contribution in [2.45, 2.75) is 40.2 Å². The minimum atomic E-state index is -0.156. The number of methoxy groups -OCH3 is 1. The van der Waals surface area contributed by atoms with Gasteiger partial charge in [-0.05, 0) is 50.8 Å². The molecule has 0 fully saturated rings. The third kappa shape index (κ3) is 3.69. The van der Waals surface area contributed by atoms with E-state index in [1.807, 2.05) is 29.8 Å². The molecular formula is C20H27N3O3. The van der Waals surface area contributed by atoms with Crippen LogP contribution < -0.4 is 14.8 Å². The lowest BCUT2D eigenvalue weighted by molar-refractivity contribution is -0.126. The molecule has 1 aromatic heterocycles. The highest BCUT2D eigenvalue weighted by Crippen LogP contribution is 2.31. The fraction of sp³-hybridized carbons (Fsp3) is 0.500. The van der Waals surface area contributed by atoms with Gasteiger partial charge in [0.15, 0.2) is 0 Å². The fourth-order valence-electron chi connectivity index (χ4n) is 3.51. The number of fused-ring (bicyclic) bond motifs is 1. The van der Waals surface area contributed by atoms with Gasteiger partial charge < -0.3 is 14.8 Å². The van der Waals surface area contributed by atoms with Crippen molar-refractivity contribution in [1.82, 2.24) is 15.1 Å². The van der Waals surface area contributed by atoms with Gasteiger partial charge in [0.25, 0.3) is 0 Å². The number of hydrogen-bond donors (Lipinski definition) is 1. The van der Waals surface area contributed by atoms with Crippen molar-refractivity contribution in [3.63, 3.8) is 0 Å². The number of ether oxygens (including phenoxy) is 2. The molecule has 0 spiro atoms. The molecule has 1 atom stereocenters. The molecule has 1 N–H and O–H groups in total. The van der Waals surface area contributed by atoms with E-state index in [1.54, 1.807) is 7.11 Å². The molecule has 2 aromatic rings. The van der Waals surface area contributed by atoms with Crippen LogP contribution in [0.25, 0.3) is 0 Å². The van der Waals surface area contributed by atoms with Crippen LogP contribution in [-0.2, 0) is 24.2 Å². The smallest absolute Gasteiger partial charge is 0.226 e. The lowest BCUT2D eigenvalue weighted by atomic mass is 9.96. The molecule has 0 aliphatic carbocycles. The number of hydrogen-bond acceptors (Lipinski definition) is 4. The largest absolute Gasteiger partial charge is 0.497 e. The summed E-state index contributed by atoms with van der Waals surface area (Å²) in [6.45, 7) is 8.07. The van der Waals surface area contributed by atoms with Gasteiger partial charge in [0.1, 0.15) is 18.1 Å². The number of rotatable bonds is 6. The van der Waals surface area contributed by atoms with Crippen molar-refractivity contribution in [3.05, 3.63) is 40.7 Å². The Balaban J connectivity index is 1.55. The number of carbonyl (C=O) groups is 1. The molecule has 0 unspecified atom stereocenters. The summed E-state index contributed by atoms with van der Waals surface area (Å²) in [5.74, 6) is 1.47. The van der Waals surface area contributed by atoms with E-state index >= 15 is 0 Å². The molecule has 0 saturated carbocycles. The molecule has 0 bridgehead atoms. The fourth-order valence-corrected chi connectivity index (χ4v) is 3.51. The van der Waals surface area contributed by atoms with Gasteiger partial charge in [0.2, 0.25) is 5.91 Å². The van der Waals surface area contributed by atoms with E-state index in [0.29, 0.717) is 19.6 Å². The normalized spacial score (nSPS) is 15.9. The summed E-state index contributed by atoms with van der Waals surface area (Å²) in [6.07, 6.45) is 1.49. The third-order valence-electron chi connectivity index (χ3n) is 5.06. The number of amides is 1. The predicted molar refractivity (Wildman–Crippen MR) is 99.8 cm³/mol. The Kier molecular flexibility index (Phi) is 5.49. The van der Waals surface area contributed by atoms with E-state index in [-0.39, 0.29) is 11.8 Å². The predicted octanol–water partition coefficient (Wildman–Crippen LogP) is 2.44. The summed E-state index contributed by atoms with van der Waals surface area (Å²) in [6, 6.07) is 5.75. The SMILES string of the molecule is CCn1nc(C)c(CCNC(=O)[C@@H]2COc3cc(OC)ccc3C2)c1C. The summed E-state index contributed by atoms with van der Waals surface area (Å²) in [5, 5.41) is 7.58. The first-order valence-electron chi connectivity index (χ1n) is 9.13. The van der Waals surface area contributed by atoms with Crippen molar-refractivity contribution in [3.8, 4) is 11.5 Å². The summed E-state index contributed by atoms with van der Waals surface area (Å²) in [5.41, 5.74) is 4.50. The minimum Gasteiger partial charge on any atom is -0.497 e. The van der Waals surface area contributed by atoms with Crippen LogP contribution in [0, 0.1) is 19.8 Å². The Morgan fingerprint density at radius 3 is 2.92 bits per heavy atom. The molecule has 0 saturated heterocycles. The van der Waals surface area contributed by atoms with Crippen LogP contribution in [0.5, 0.6) is 11.5 Å². The van der Waals surface area contributed by atoms with Crippen LogP contribution in [0.3, 0.4) is 0 Å². The summed E-state index contributed by atoms with van der Waals surface area (Å²) >= 11 is 0. The molecule has 1 aromatic carbocycles. The van der Waals surface area contributed by atoms with Gasteiger partial charge in [0, 0.05) is 24.8 Å². The molecule has 1 aliphatic heterocycles. The molecule has 3 rings (SSSR count). The number of benzene rings is 1. The number of nitrogens with one attached hydrogen (secondary N) is 1. The molecular weight excluding hydrogens is 330 g/mol. The van der Waals surface area contributed by atoms with E-state index in [1.165, 1.54) is 11.3 Å². The van der Waals surface area contributed by atoms with Crippen LogP contribution in [0.15, 0.2) is 18.2 Å². The van der Waals surface area contributed by atoms with Gasteiger partial charge in [0.05, 0.1) is 18.7 Å². The van der Waals surface area contributed by atoms with Crippen LogP contribution in [0.4, 0.5) is 0 Å². The maximum atomic E-state index is 12.5. The molecule has 6 heteroatoms. The van der Waals surface area contributed by atoms with Gasteiger partial charge in [-0.2, -0.15) is 5.10 Å². The molecule has 2 heterocycles. The molecule has 0 radical (unpaired) electrons. The second kappa shape index (κ2) is 7.81. The number of carbonyl (C=O) groups excluding carboxylic acids is 1. The van der Waals surface area contributed by atoms with Gasteiger partial charge >= 0.3 is 0 Å². The van der Waals surface area contributed by atoms with Gasteiger partial charge in [-0.25, -0.2) is 0 Å². The monoisotopic (exact) mass is 357 g/mol. The zero-order valence-corrected chi connectivity index (χ0v) is 16.0. The Labute approximate surface area is 154 Å². The third-order valence-corrected chi connectivity index (χ3v) is 5.06. The first kappa shape index (κ1) is 18.3. The van der Waals surface area contributed by atoms with Gasteiger partial charge in [-0.3, -0.25) is 9.48 Å². The van der Waals surface area contributed by atoms with Crippen LogP contribution in [0.1, 0.15) is 29.4 Å². The maximum absolute atomic E-state index is 12.5. The standard InChI is InChI=1S/C20H27N3O3/c1-5-23-14(3)18(13(2)22-23)8-9-21-20(24)16-10-15-6-7-17(25-4)11-19(15)26-12-16/h6-7,11,16H,5,8-10,12H2,1-4H3,(H,21,24)/t16-/m0/s1. The highest BCUT2D eigenvalue weighted by molar-refractivity contribution is 5.79. The lowest BCUT2D eigenvalue weighted by Gasteiger charge is -2.25. The van der Waals surface area contributed by atoms with Crippen molar-refractivity contribution in [2.75, 3.05) is 20.3 Å². The first-order chi connectivity index (χ1) is 12.5. The molecule has 26 heavy (non-hydrogen) atoms. The number of aromatic nitrogens is 2. The summed E-state index contributed by atoms with van der Waals surface area (Å²) < 4.78 is 13.0. The van der Waals surface area contributed by atoms with E-state index in [0.717, 1.165) is 35.7 Å². The number of aryl methyl sites for hydroxylation is 2. The Morgan fingerprint density at radius 2 is 2.23 bits per heavy atom. The zero-order valence-electron chi connectivity index (χ0n) is 16.0. The van der Waals surface area contributed by atoms with Crippen LogP contribution >= 0.6 is 0 Å². The molecule has 6 nitrogen and oxygen atoms in total. The zero-order chi connectivity index (χ0) is 18.7. The summed E-state index contributed by atoms with van der Waals surface area (Å²) in [4.78, 5) is 12.5. The topological polar surface area (TPSA) is 65.4 Å². The van der Waals surface area contributed by atoms with E-state index in [4.69, 9.17) is 9.47 Å². The average Bonchev–Trinajstić information content (AvgIpc) is 2.94. The van der Waals surface area contributed by atoms with Crippen molar-refractivity contribution < 1.29 is 14.3 Å². The van der Waals surface area contributed by atoms with Crippen molar-refractivity contribution in [2.24, 2.45) is 5.92 Å². The Morgan fingerprint density at radius 1 is 1.42 bits per heavy atom. The second-order valence-corrected chi connectivity index (χ2v) is 6.69. The van der Waals surface area contributed by atoms with E-state index < -0.39 is 0 Å². The lowest BCUT2D eigenvalue weighted by Crippen LogP contribution is -2.38. The highest BCUT2D eigenvalue weighted by Gasteiger charge is 2.26. The summed E-state index contributed by atoms with van der Waals surface area (Å²) in [7, 11) is 1.63. The molecule has 140 valence electrons. The Bertz CT molecular complexity index is 798. The van der Waals surface area contributed by atoms with Gasteiger partial charge in [-0.15, -0.1) is 0 Å². The number of nitrogens with zero attached hydrogens (tertiary/aromatic N) is 2. The van der Waals surface area contributed by atoms with E-state index in [9.17, 15) is 4.79 Å². The second-order valence-electron chi connectivity index (χ2n) is 6.69. The van der Waals surface area contributed by atoms with E-state index in [2.05, 4.69) is 24.3 Å². The highest BCUT2D eigenvalue weighted by atomic mass is 16.5. The Hall–Kier alpha value is -2.50. The first-order valence-corrected chi connectivity index (χ1v) is 9.13. The maximum Gasteiger partial charge on any atom is 0.226 e. The average molecular weight is 357 g/mol. The minimum absolute atomic E-state index is 0.0460. The molecule has 1 aliphatic rings. The van der Waals surface area contributed by atoms with Crippen LogP contribution in [0.2, 0.25) is 0 Å².